The summed E-state index contributed by atoms with van der Waals surface area (Å²) >= 11 is 6.13. The Kier molecular flexibility index (Phi) is 5.65. The van der Waals surface area contributed by atoms with Gasteiger partial charge in [-0.05, 0) is 48.4 Å². The summed E-state index contributed by atoms with van der Waals surface area (Å²) in [5, 5.41) is 0.524. The van der Waals surface area contributed by atoms with Crippen LogP contribution in [0.2, 0.25) is 5.02 Å². The molecule has 3 aromatic carbocycles. The third-order valence-corrected chi connectivity index (χ3v) is 6.19. The molecule has 0 bridgehead atoms. The van der Waals surface area contributed by atoms with Gasteiger partial charge in [0.2, 0.25) is 5.91 Å². The number of esters is 1. The van der Waals surface area contributed by atoms with Crippen molar-refractivity contribution in [2.24, 2.45) is 0 Å². The second-order valence-electron chi connectivity index (χ2n) is 8.25. The molecule has 2 heterocycles. The molecule has 0 saturated heterocycles. The summed E-state index contributed by atoms with van der Waals surface area (Å²) in [6.07, 6.45) is 0.171. The lowest BCUT2D eigenvalue weighted by Crippen LogP contribution is -2.37. The molecule has 0 saturated carbocycles. The second-order valence-corrected chi connectivity index (χ2v) is 8.69. The number of hydrogen-bond donors (Lipinski definition) is 0. The number of nitrogens with zero attached hydrogens (tertiary/aromatic N) is 1. The Labute approximate surface area is 197 Å². The molecule has 0 N–H and O–H groups in total. The molecule has 2 aliphatic heterocycles. The van der Waals surface area contributed by atoms with E-state index in [1.807, 2.05) is 49.4 Å². The van der Waals surface area contributed by atoms with Crippen LogP contribution in [0.3, 0.4) is 0 Å². The highest BCUT2D eigenvalue weighted by molar-refractivity contribution is 6.31. The van der Waals surface area contributed by atoms with E-state index < -0.39 is 0 Å². The quantitative estimate of drug-likeness (QED) is 0.469. The zero-order chi connectivity index (χ0) is 22.9. The minimum absolute atomic E-state index is 0.0700. The van der Waals surface area contributed by atoms with Crippen LogP contribution in [-0.2, 0) is 20.9 Å². The number of carbonyl (C=O) groups excluding carboxylic acids is 2. The molecule has 1 amide bonds. The predicted octanol–water partition coefficient (Wildman–Crippen LogP) is 5.56. The number of rotatable bonds is 5. The SMILES string of the molecule is Cc1cccc(COc2ccc(C3CC(=O)N(c4cccc(Cl)c4)C4=C3C(=O)OC4)cc2)c1. The summed E-state index contributed by atoms with van der Waals surface area (Å²) in [5.74, 6) is -0.108. The monoisotopic (exact) mass is 459 g/mol. The van der Waals surface area contributed by atoms with Gasteiger partial charge in [0.05, 0.1) is 17.0 Å². The van der Waals surface area contributed by atoms with Crippen LogP contribution in [0.5, 0.6) is 5.75 Å². The fraction of sp³-hybridized carbons (Fsp3) is 0.185. The lowest BCUT2D eigenvalue weighted by Gasteiger charge is -2.32. The van der Waals surface area contributed by atoms with Gasteiger partial charge in [-0.1, -0.05) is 59.6 Å². The molecule has 2 aliphatic rings. The van der Waals surface area contributed by atoms with Crippen LogP contribution < -0.4 is 9.64 Å². The summed E-state index contributed by atoms with van der Waals surface area (Å²) in [6, 6.07) is 22.8. The van der Waals surface area contributed by atoms with Gasteiger partial charge in [-0.3, -0.25) is 9.69 Å². The van der Waals surface area contributed by atoms with Crippen molar-refractivity contribution in [2.75, 3.05) is 11.5 Å². The van der Waals surface area contributed by atoms with Crippen molar-refractivity contribution in [3.05, 3.63) is 106 Å². The third-order valence-electron chi connectivity index (χ3n) is 5.95. The molecule has 33 heavy (non-hydrogen) atoms. The van der Waals surface area contributed by atoms with Gasteiger partial charge in [0.15, 0.2) is 0 Å². The number of halogens is 1. The zero-order valence-electron chi connectivity index (χ0n) is 18.1. The highest BCUT2D eigenvalue weighted by Gasteiger charge is 2.42. The van der Waals surface area contributed by atoms with Gasteiger partial charge in [-0.25, -0.2) is 4.79 Å². The van der Waals surface area contributed by atoms with Crippen LogP contribution in [0, 0.1) is 6.92 Å². The van der Waals surface area contributed by atoms with Crippen LogP contribution in [0.4, 0.5) is 5.69 Å². The summed E-state index contributed by atoms with van der Waals surface area (Å²) in [5.41, 5.74) is 4.92. The lowest BCUT2D eigenvalue weighted by atomic mass is 9.84. The van der Waals surface area contributed by atoms with Gasteiger partial charge in [0, 0.05) is 17.4 Å². The van der Waals surface area contributed by atoms with E-state index in [2.05, 4.69) is 6.07 Å². The van der Waals surface area contributed by atoms with E-state index in [1.54, 1.807) is 29.2 Å². The Balaban J connectivity index is 1.40. The minimum atomic E-state index is -0.380. The Morgan fingerprint density at radius 2 is 1.82 bits per heavy atom. The highest BCUT2D eigenvalue weighted by atomic mass is 35.5. The fourth-order valence-corrected chi connectivity index (χ4v) is 4.60. The van der Waals surface area contributed by atoms with Gasteiger partial charge in [-0.15, -0.1) is 0 Å². The van der Waals surface area contributed by atoms with Crippen molar-refractivity contribution in [1.82, 2.24) is 0 Å². The van der Waals surface area contributed by atoms with Crippen LogP contribution in [0.25, 0.3) is 0 Å². The number of cyclic esters (lactones) is 1. The van der Waals surface area contributed by atoms with Crippen molar-refractivity contribution in [3.63, 3.8) is 0 Å². The first-order valence-electron chi connectivity index (χ1n) is 10.8. The Morgan fingerprint density at radius 3 is 2.58 bits per heavy atom. The van der Waals surface area contributed by atoms with E-state index in [0.717, 1.165) is 16.9 Å². The maximum absolute atomic E-state index is 13.1. The molecule has 0 radical (unpaired) electrons. The summed E-state index contributed by atoms with van der Waals surface area (Å²) in [6.45, 7) is 2.59. The molecule has 0 aromatic heterocycles. The first kappa shape index (κ1) is 21.3. The van der Waals surface area contributed by atoms with Crippen LogP contribution in [0.15, 0.2) is 84.1 Å². The minimum Gasteiger partial charge on any atom is -0.489 e. The van der Waals surface area contributed by atoms with E-state index in [-0.39, 0.29) is 30.8 Å². The summed E-state index contributed by atoms with van der Waals surface area (Å²) in [4.78, 5) is 27.3. The first-order chi connectivity index (χ1) is 16.0. The Bertz CT molecular complexity index is 1270. The van der Waals surface area contributed by atoms with Crippen molar-refractivity contribution in [3.8, 4) is 5.75 Å². The average molecular weight is 460 g/mol. The van der Waals surface area contributed by atoms with Gasteiger partial charge < -0.3 is 9.47 Å². The molecular weight excluding hydrogens is 438 g/mol. The number of ether oxygens (including phenoxy) is 2. The topological polar surface area (TPSA) is 55.8 Å². The Morgan fingerprint density at radius 1 is 1.03 bits per heavy atom. The van der Waals surface area contributed by atoms with Gasteiger partial charge >= 0.3 is 5.97 Å². The summed E-state index contributed by atoms with van der Waals surface area (Å²) < 4.78 is 11.3. The third kappa shape index (κ3) is 4.24. The molecule has 1 unspecified atom stereocenters. The highest BCUT2D eigenvalue weighted by Crippen LogP contribution is 2.42. The number of carbonyl (C=O) groups is 2. The van der Waals surface area contributed by atoms with Crippen molar-refractivity contribution >= 4 is 29.2 Å². The second kappa shape index (κ2) is 8.75. The molecule has 0 aliphatic carbocycles. The van der Waals surface area contributed by atoms with Crippen LogP contribution in [-0.4, -0.2) is 18.5 Å². The number of hydrogen-bond acceptors (Lipinski definition) is 4. The number of benzene rings is 3. The zero-order valence-corrected chi connectivity index (χ0v) is 18.8. The van der Waals surface area contributed by atoms with E-state index >= 15 is 0 Å². The van der Waals surface area contributed by atoms with Gasteiger partial charge in [0.25, 0.3) is 0 Å². The van der Waals surface area contributed by atoms with E-state index in [9.17, 15) is 9.59 Å². The normalized spacial score (nSPS) is 17.8. The molecule has 6 heteroatoms. The first-order valence-corrected chi connectivity index (χ1v) is 11.1. The maximum Gasteiger partial charge on any atom is 0.336 e. The standard InChI is InChI=1S/C27H22ClNO4/c1-17-4-2-5-18(12-17)15-32-22-10-8-19(9-11-22)23-14-25(30)29(21-7-3-6-20(28)13-21)24-16-33-27(31)26(23)24/h2-13,23H,14-16H2,1H3. The van der Waals surface area contributed by atoms with E-state index in [0.29, 0.717) is 28.6 Å². The number of aryl methyl sites for hydroxylation is 1. The molecule has 1 atom stereocenters. The molecule has 0 spiro atoms. The smallest absolute Gasteiger partial charge is 0.336 e. The molecule has 5 rings (SSSR count). The van der Waals surface area contributed by atoms with Crippen molar-refractivity contribution in [1.29, 1.82) is 0 Å². The van der Waals surface area contributed by atoms with E-state index in [1.165, 1.54) is 5.56 Å². The predicted molar refractivity (Wildman–Crippen MR) is 126 cm³/mol. The Hall–Kier alpha value is -3.57. The molecular formula is C27H22ClNO4. The largest absolute Gasteiger partial charge is 0.489 e. The van der Waals surface area contributed by atoms with Gasteiger partial charge in [0.1, 0.15) is 19.0 Å². The maximum atomic E-state index is 13.1. The fourth-order valence-electron chi connectivity index (χ4n) is 4.42. The van der Waals surface area contributed by atoms with Crippen LogP contribution >= 0.6 is 11.6 Å². The summed E-state index contributed by atoms with van der Waals surface area (Å²) in [7, 11) is 0. The van der Waals surface area contributed by atoms with Crippen LogP contribution in [0.1, 0.15) is 29.0 Å². The molecule has 5 nitrogen and oxygen atoms in total. The average Bonchev–Trinajstić information content (AvgIpc) is 3.19. The molecule has 3 aromatic rings. The van der Waals surface area contributed by atoms with Crippen molar-refractivity contribution in [2.45, 2.75) is 25.9 Å². The van der Waals surface area contributed by atoms with E-state index in [4.69, 9.17) is 21.1 Å². The van der Waals surface area contributed by atoms with Crippen molar-refractivity contribution < 1.29 is 19.1 Å². The van der Waals surface area contributed by atoms with Gasteiger partial charge in [-0.2, -0.15) is 0 Å². The number of amides is 1. The lowest BCUT2D eigenvalue weighted by molar-refractivity contribution is -0.136. The molecule has 166 valence electrons. The molecule has 0 fully saturated rings. The number of anilines is 1.